The van der Waals surface area contributed by atoms with E-state index in [2.05, 4.69) is 15.7 Å². The van der Waals surface area contributed by atoms with Gasteiger partial charge >= 0.3 is 0 Å². The molecule has 0 aromatic heterocycles. The first kappa shape index (κ1) is 21.6. The van der Waals surface area contributed by atoms with Crippen LogP contribution in [0.3, 0.4) is 0 Å². The Hall–Kier alpha value is -3.60. The molecule has 166 valence electrons. The van der Waals surface area contributed by atoms with Crippen molar-refractivity contribution in [1.82, 2.24) is 5.01 Å². The van der Waals surface area contributed by atoms with Crippen LogP contribution in [0.2, 0.25) is 0 Å². The number of anilines is 2. The summed E-state index contributed by atoms with van der Waals surface area (Å²) in [6.45, 7) is -0.215. The second-order valence-electron chi connectivity index (χ2n) is 7.02. The lowest BCUT2D eigenvalue weighted by Gasteiger charge is -2.20. The number of thioether (sulfide) groups is 1. The molecule has 0 radical (unpaired) electrons. The lowest BCUT2D eigenvalue weighted by atomic mass is 10.1. The van der Waals surface area contributed by atoms with Crippen LogP contribution in [0.5, 0.6) is 11.5 Å². The molecule has 0 bridgehead atoms. The molecule has 1 fully saturated rings. The molecule has 32 heavy (non-hydrogen) atoms. The van der Waals surface area contributed by atoms with Crippen molar-refractivity contribution in [2.24, 2.45) is 10.3 Å². The average molecular weight is 455 g/mol. The average Bonchev–Trinajstić information content (AvgIpc) is 3.32. The fourth-order valence-corrected chi connectivity index (χ4v) is 4.08. The Bertz CT molecular complexity index is 1110. The third-order valence-corrected chi connectivity index (χ3v) is 5.87. The zero-order valence-corrected chi connectivity index (χ0v) is 18.5. The number of carbonyl (C=O) groups is 3. The van der Waals surface area contributed by atoms with Gasteiger partial charge in [-0.2, -0.15) is 5.11 Å². The minimum atomic E-state index is -0.997. The summed E-state index contributed by atoms with van der Waals surface area (Å²) in [6.07, 6.45) is 1.94. The molecule has 2 aliphatic heterocycles. The fourth-order valence-electron chi connectivity index (χ4n) is 3.62. The van der Waals surface area contributed by atoms with Crippen LogP contribution in [0.15, 0.2) is 57.7 Å². The van der Waals surface area contributed by atoms with Gasteiger partial charge in [-0.15, -0.1) is 11.8 Å². The maximum Gasteiger partial charge on any atom is 0.263 e. The standard InChI is InChI=1S/C21H21N5O5S/c1-30-15-8-7-13(10-16(15)31-2)26-20(28)18-19(21(26)29)25(24-23-18)11-17(27)22-12-5-4-6-14(9-12)32-3/h4-10,18-19H,11H2,1-3H3,(H,22,27)/t18-,19-/m0/s1. The molecule has 0 spiro atoms. The molecule has 11 heteroatoms. The number of imide groups is 1. The van der Waals surface area contributed by atoms with E-state index in [9.17, 15) is 14.4 Å². The summed E-state index contributed by atoms with van der Waals surface area (Å²) < 4.78 is 10.5. The Morgan fingerprint density at radius 3 is 2.59 bits per heavy atom. The summed E-state index contributed by atoms with van der Waals surface area (Å²) in [5.74, 6) is -0.527. The van der Waals surface area contributed by atoms with Crippen molar-refractivity contribution in [2.75, 3.05) is 37.2 Å². The van der Waals surface area contributed by atoms with Crippen LogP contribution in [0, 0.1) is 0 Å². The number of nitrogens with one attached hydrogen (secondary N) is 1. The van der Waals surface area contributed by atoms with Crippen LogP contribution < -0.4 is 19.7 Å². The van der Waals surface area contributed by atoms with Crippen LogP contribution >= 0.6 is 11.8 Å². The van der Waals surface area contributed by atoms with Crippen molar-refractivity contribution >= 4 is 40.9 Å². The highest BCUT2D eigenvalue weighted by atomic mass is 32.2. The van der Waals surface area contributed by atoms with Crippen molar-refractivity contribution in [1.29, 1.82) is 0 Å². The number of fused-ring (bicyclic) bond motifs is 1. The van der Waals surface area contributed by atoms with Gasteiger partial charge in [0.1, 0.15) is 6.54 Å². The van der Waals surface area contributed by atoms with E-state index in [4.69, 9.17) is 9.47 Å². The predicted octanol–water partition coefficient (Wildman–Crippen LogP) is 2.36. The minimum Gasteiger partial charge on any atom is -0.493 e. The number of benzene rings is 2. The van der Waals surface area contributed by atoms with E-state index in [1.54, 1.807) is 36.0 Å². The Labute approximate surface area is 188 Å². The van der Waals surface area contributed by atoms with Crippen molar-refractivity contribution in [3.8, 4) is 11.5 Å². The number of amides is 3. The van der Waals surface area contributed by atoms with E-state index in [0.29, 0.717) is 22.9 Å². The highest BCUT2D eigenvalue weighted by molar-refractivity contribution is 7.98. The van der Waals surface area contributed by atoms with Gasteiger partial charge in [0.15, 0.2) is 23.6 Å². The second kappa shape index (κ2) is 8.87. The molecule has 1 N–H and O–H groups in total. The molecule has 1 saturated heterocycles. The molecular weight excluding hydrogens is 434 g/mol. The maximum atomic E-state index is 13.1. The normalized spacial score (nSPS) is 19.3. The molecule has 4 rings (SSSR count). The molecule has 0 unspecified atom stereocenters. The highest BCUT2D eigenvalue weighted by Gasteiger charge is 2.55. The summed E-state index contributed by atoms with van der Waals surface area (Å²) in [5, 5.41) is 11.9. The number of nitrogens with zero attached hydrogens (tertiary/aromatic N) is 4. The van der Waals surface area contributed by atoms with E-state index in [1.165, 1.54) is 19.2 Å². The molecule has 2 heterocycles. The molecule has 2 aromatic rings. The first-order valence-electron chi connectivity index (χ1n) is 9.68. The van der Waals surface area contributed by atoms with E-state index >= 15 is 0 Å². The van der Waals surface area contributed by atoms with Gasteiger partial charge in [-0.3, -0.25) is 19.4 Å². The molecule has 3 amide bonds. The van der Waals surface area contributed by atoms with Gasteiger partial charge in [0.25, 0.3) is 11.8 Å². The van der Waals surface area contributed by atoms with E-state index < -0.39 is 23.9 Å². The van der Waals surface area contributed by atoms with Gasteiger partial charge in [0.2, 0.25) is 5.91 Å². The van der Waals surface area contributed by atoms with E-state index in [0.717, 1.165) is 9.80 Å². The second-order valence-corrected chi connectivity index (χ2v) is 7.90. The molecule has 2 aromatic carbocycles. The summed E-state index contributed by atoms with van der Waals surface area (Å²) in [6, 6.07) is 10.2. The Morgan fingerprint density at radius 1 is 1.09 bits per heavy atom. The van der Waals surface area contributed by atoms with Gasteiger partial charge in [-0.05, 0) is 36.6 Å². The van der Waals surface area contributed by atoms with Gasteiger partial charge in [-0.1, -0.05) is 11.3 Å². The van der Waals surface area contributed by atoms with Crippen molar-refractivity contribution in [2.45, 2.75) is 17.0 Å². The largest absolute Gasteiger partial charge is 0.493 e. The Morgan fingerprint density at radius 2 is 1.88 bits per heavy atom. The van der Waals surface area contributed by atoms with Crippen LogP contribution in [-0.2, 0) is 14.4 Å². The molecule has 2 atom stereocenters. The summed E-state index contributed by atoms with van der Waals surface area (Å²) in [7, 11) is 2.96. The summed E-state index contributed by atoms with van der Waals surface area (Å²) >= 11 is 1.56. The smallest absolute Gasteiger partial charge is 0.263 e. The zero-order chi connectivity index (χ0) is 22.8. The first-order valence-corrected chi connectivity index (χ1v) is 10.9. The number of ether oxygens (including phenoxy) is 2. The quantitative estimate of drug-likeness (QED) is 0.504. The molecule has 2 aliphatic rings. The molecule has 10 nitrogen and oxygen atoms in total. The third kappa shape index (κ3) is 3.86. The lowest BCUT2D eigenvalue weighted by Crippen LogP contribution is -2.43. The molecular formula is C21H21N5O5S. The summed E-state index contributed by atoms with van der Waals surface area (Å²) in [5.41, 5.74) is 0.968. The number of methoxy groups -OCH3 is 2. The Balaban J connectivity index is 1.50. The topological polar surface area (TPSA) is 113 Å². The van der Waals surface area contributed by atoms with Crippen molar-refractivity contribution in [3.63, 3.8) is 0 Å². The highest BCUT2D eigenvalue weighted by Crippen LogP contribution is 2.36. The van der Waals surface area contributed by atoms with E-state index in [1.807, 2.05) is 24.5 Å². The number of hydrogen-bond donors (Lipinski definition) is 1. The van der Waals surface area contributed by atoms with Crippen LogP contribution in [0.4, 0.5) is 11.4 Å². The lowest BCUT2D eigenvalue weighted by molar-refractivity contribution is -0.123. The monoisotopic (exact) mass is 455 g/mol. The van der Waals surface area contributed by atoms with Gasteiger partial charge in [0, 0.05) is 16.6 Å². The summed E-state index contributed by atoms with van der Waals surface area (Å²) in [4.78, 5) is 40.6. The van der Waals surface area contributed by atoms with Gasteiger partial charge < -0.3 is 14.8 Å². The van der Waals surface area contributed by atoms with E-state index in [-0.39, 0.29) is 12.5 Å². The van der Waals surface area contributed by atoms with Crippen LogP contribution in [-0.4, -0.2) is 61.8 Å². The zero-order valence-electron chi connectivity index (χ0n) is 17.6. The van der Waals surface area contributed by atoms with Gasteiger partial charge in [0.05, 0.1) is 19.9 Å². The van der Waals surface area contributed by atoms with Gasteiger partial charge in [-0.25, -0.2) is 4.90 Å². The number of carbonyl (C=O) groups excluding carboxylic acids is 3. The maximum absolute atomic E-state index is 13.1. The number of hydrogen-bond acceptors (Lipinski definition) is 9. The molecule has 0 saturated carbocycles. The minimum absolute atomic E-state index is 0.215. The fraction of sp³-hybridized carbons (Fsp3) is 0.286. The molecule has 0 aliphatic carbocycles. The van der Waals surface area contributed by atoms with Crippen LogP contribution in [0.25, 0.3) is 0 Å². The van der Waals surface area contributed by atoms with Crippen molar-refractivity contribution < 1.29 is 23.9 Å². The first-order chi connectivity index (χ1) is 15.5. The van der Waals surface area contributed by atoms with Crippen LogP contribution in [0.1, 0.15) is 0 Å². The number of rotatable bonds is 7. The SMILES string of the molecule is COc1ccc(N2C(=O)[C@H]3N=NN(CC(=O)Nc4cccc(SC)c4)[C@@H]3C2=O)cc1OC. The predicted molar refractivity (Wildman–Crippen MR) is 118 cm³/mol. The van der Waals surface area contributed by atoms with Crippen molar-refractivity contribution in [3.05, 3.63) is 42.5 Å². The third-order valence-electron chi connectivity index (χ3n) is 5.14. The Kier molecular flexibility index (Phi) is 5.99.